The lowest BCUT2D eigenvalue weighted by Gasteiger charge is -2.15. The van der Waals surface area contributed by atoms with Gasteiger partial charge in [0.1, 0.15) is 9.79 Å². The zero-order chi connectivity index (χ0) is 32.4. The molecule has 0 fully saturated rings. The molecule has 8 N–H and O–H groups in total. The molecule has 0 atom stereocenters. The molecule has 0 radical (unpaired) electrons. The first-order valence-electron chi connectivity index (χ1n) is 10.9. The number of esters is 2. The SMILES string of the molecule is Nc1cc(S(=O)(=O)O)c(C(=O)OC(=O)c2c(S(=O)(=O)O)cc(N)c3cc(S(=O)(=O)O)ccc23)c2ccc(S(=O)(=O)O)cc12. The van der Waals surface area contributed by atoms with E-state index in [-0.39, 0.29) is 10.8 Å². The van der Waals surface area contributed by atoms with Crippen LogP contribution in [-0.4, -0.2) is 63.8 Å². The number of hydrogen-bond acceptors (Lipinski definition) is 13. The van der Waals surface area contributed by atoms with E-state index < -0.39 is 105 Å². The zero-order valence-electron chi connectivity index (χ0n) is 20.7. The Morgan fingerprint density at radius 2 is 0.837 bits per heavy atom. The number of carbonyl (C=O) groups is 2. The smallest absolute Gasteiger partial charge is 0.348 e. The molecule has 43 heavy (non-hydrogen) atoms. The lowest BCUT2D eigenvalue weighted by Crippen LogP contribution is -2.19. The summed E-state index contributed by atoms with van der Waals surface area (Å²) in [5.74, 6) is -3.72. The van der Waals surface area contributed by atoms with Crippen molar-refractivity contribution in [2.24, 2.45) is 0 Å². The van der Waals surface area contributed by atoms with E-state index in [1.165, 1.54) is 0 Å². The van der Waals surface area contributed by atoms with Gasteiger partial charge in [-0.25, -0.2) is 9.59 Å². The van der Waals surface area contributed by atoms with Crippen LogP contribution in [0.3, 0.4) is 0 Å². The molecule has 0 aliphatic heterocycles. The molecule has 0 aromatic heterocycles. The summed E-state index contributed by atoms with van der Waals surface area (Å²) in [6.07, 6.45) is 0. The van der Waals surface area contributed by atoms with Crippen LogP contribution in [0.5, 0.6) is 0 Å². The predicted octanol–water partition coefficient (Wildman–Crippen LogP) is 1.14. The number of hydrogen-bond donors (Lipinski definition) is 6. The van der Waals surface area contributed by atoms with Crippen molar-refractivity contribution < 1.29 is 66.2 Å². The highest BCUT2D eigenvalue weighted by atomic mass is 32.2. The highest BCUT2D eigenvalue weighted by molar-refractivity contribution is 7.86. The van der Waals surface area contributed by atoms with Crippen molar-refractivity contribution in [3.8, 4) is 0 Å². The van der Waals surface area contributed by atoms with Crippen LogP contribution >= 0.6 is 0 Å². The fourth-order valence-electron chi connectivity index (χ4n) is 4.14. The molecular weight excluding hydrogens is 661 g/mol. The molecule has 4 aromatic carbocycles. The van der Waals surface area contributed by atoms with Crippen molar-refractivity contribution in [2.45, 2.75) is 19.6 Å². The topological polar surface area (TPSA) is 313 Å². The Morgan fingerprint density at radius 3 is 1.12 bits per heavy atom. The first kappa shape index (κ1) is 31.7. The number of rotatable bonds is 6. The summed E-state index contributed by atoms with van der Waals surface area (Å²) in [5, 5.41) is -1.74. The highest BCUT2D eigenvalue weighted by Gasteiger charge is 2.32. The highest BCUT2D eigenvalue weighted by Crippen LogP contribution is 2.36. The molecule has 0 amide bonds. The van der Waals surface area contributed by atoms with E-state index in [1.54, 1.807) is 0 Å². The number of ether oxygens (including phenoxy) is 1. The van der Waals surface area contributed by atoms with Crippen LogP contribution in [-0.2, 0) is 45.2 Å². The molecule has 0 spiro atoms. The van der Waals surface area contributed by atoms with Gasteiger partial charge < -0.3 is 16.2 Å². The molecule has 17 nitrogen and oxygen atoms in total. The standard InChI is InChI=1S/C22H16N2O15S4/c23-15-7-17(42(33,34)35)19(11-3-1-9(5-13(11)15)40(27,28)29)21(25)39-22(26)20-12-4-2-10(41(30,31)32)6-14(12)16(24)8-18(20)43(36,37)38/h1-8H,23-24H2,(H,27,28,29)(H,30,31,32)(H,33,34,35)(H,36,37,38). The first-order chi connectivity index (χ1) is 19.5. The maximum atomic E-state index is 13.3. The first-order valence-corrected chi connectivity index (χ1v) is 16.7. The summed E-state index contributed by atoms with van der Waals surface area (Å²) in [5.41, 5.74) is 8.37. The van der Waals surface area contributed by atoms with E-state index in [0.717, 1.165) is 36.4 Å². The number of benzene rings is 4. The summed E-state index contributed by atoms with van der Waals surface area (Å²) >= 11 is 0. The van der Waals surface area contributed by atoms with Crippen LogP contribution in [0.15, 0.2) is 68.1 Å². The second-order valence-electron chi connectivity index (χ2n) is 8.67. The van der Waals surface area contributed by atoms with Crippen molar-refractivity contribution in [2.75, 3.05) is 11.5 Å². The average molecular weight is 677 g/mol. The normalized spacial score (nSPS) is 12.8. The van der Waals surface area contributed by atoms with Crippen LogP contribution in [0.2, 0.25) is 0 Å². The van der Waals surface area contributed by atoms with Crippen molar-refractivity contribution in [1.82, 2.24) is 0 Å². The lowest BCUT2D eigenvalue weighted by molar-refractivity contribution is 0.0394. The largest absolute Gasteiger partial charge is 0.398 e. The maximum absolute atomic E-state index is 13.3. The Kier molecular flexibility index (Phi) is 7.52. The second kappa shape index (κ2) is 10.2. The number of anilines is 2. The van der Waals surface area contributed by atoms with Gasteiger partial charge >= 0.3 is 11.9 Å². The number of nitrogens with two attached hydrogens (primary N) is 2. The fraction of sp³-hybridized carbons (Fsp3) is 0. The molecule has 0 aliphatic carbocycles. The molecule has 0 unspecified atom stereocenters. The molecule has 4 aromatic rings. The summed E-state index contributed by atoms with van der Waals surface area (Å²) in [4.78, 5) is 22.6. The van der Waals surface area contributed by atoms with Crippen molar-refractivity contribution in [3.05, 3.63) is 59.7 Å². The van der Waals surface area contributed by atoms with Gasteiger partial charge in [0.05, 0.1) is 20.9 Å². The molecule has 0 saturated carbocycles. The zero-order valence-corrected chi connectivity index (χ0v) is 24.0. The Morgan fingerprint density at radius 1 is 0.512 bits per heavy atom. The fourth-order valence-corrected chi connectivity index (χ4v) is 6.61. The molecule has 0 heterocycles. The van der Waals surface area contributed by atoms with Crippen molar-refractivity contribution >= 4 is 85.3 Å². The lowest BCUT2D eigenvalue weighted by atomic mass is 10.0. The summed E-state index contributed by atoms with van der Waals surface area (Å²) in [6.45, 7) is 0. The molecular formula is C22H16N2O15S4. The van der Waals surface area contributed by atoms with Crippen LogP contribution in [0.4, 0.5) is 11.4 Å². The van der Waals surface area contributed by atoms with Gasteiger partial charge in [-0.05, 0) is 47.2 Å². The average Bonchev–Trinajstić information content (AvgIpc) is 2.85. The van der Waals surface area contributed by atoms with E-state index in [1.807, 2.05) is 0 Å². The predicted molar refractivity (Wildman–Crippen MR) is 146 cm³/mol. The number of carbonyl (C=O) groups excluding carboxylic acids is 2. The summed E-state index contributed by atoms with van der Waals surface area (Å²) in [7, 11) is -20.3. The van der Waals surface area contributed by atoms with Crippen LogP contribution in [0.1, 0.15) is 20.7 Å². The monoisotopic (exact) mass is 676 g/mol. The minimum absolute atomic E-state index is 0.365. The Bertz CT molecular complexity index is 2200. The second-order valence-corrected chi connectivity index (χ2v) is 14.3. The Hall–Kier alpha value is -4.22. The summed E-state index contributed by atoms with van der Waals surface area (Å²) in [6, 6.07) is 5.55. The van der Waals surface area contributed by atoms with Gasteiger partial charge in [-0.2, -0.15) is 33.7 Å². The van der Waals surface area contributed by atoms with E-state index >= 15 is 0 Å². The van der Waals surface area contributed by atoms with Gasteiger partial charge in [0.15, 0.2) is 0 Å². The van der Waals surface area contributed by atoms with Gasteiger partial charge in [-0.3, -0.25) is 18.2 Å². The van der Waals surface area contributed by atoms with E-state index in [0.29, 0.717) is 12.1 Å². The number of nitrogen functional groups attached to an aromatic ring is 2. The van der Waals surface area contributed by atoms with Crippen LogP contribution < -0.4 is 11.5 Å². The van der Waals surface area contributed by atoms with Crippen LogP contribution in [0.25, 0.3) is 21.5 Å². The quantitative estimate of drug-likeness (QED) is 0.0721. The van der Waals surface area contributed by atoms with E-state index in [4.69, 9.17) is 16.2 Å². The third-order valence-corrected chi connectivity index (χ3v) is 9.41. The number of fused-ring (bicyclic) bond motifs is 2. The molecule has 21 heteroatoms. The maximum Gasteiger partial charge on any atom is 0.348 e. The molecule has 0 aliphatic rings. The minimum Gasteiger partial charge on any atom is -0.398 e. The van der Waals surface area contributed by atoms with Crippen LogP contribution in [0, 0.1) is 0 Å². The van der Waals surface area contributed by atoms with E-state index in [9.17, 15) is 61.5 Å². The molecule has 0 saturated heterocycles. The molecule has 4 rings (SSSR count). The third-order valence-electron chi connectivity index (χ3n) is 5.95. The molecule has 228 valence electrons. The minimum atomic E-state index is -5.31. The molecule has 0 bridgehead atoms. The summed E-state index contributed by atoms with van der Waals surface area (Å²) < 4.78 is 138. The van der Waals surface area contributed by atoms with Crippen molar-refractivity contribution in [1.29, 1.82) is 0 Å². The van der Waals surface area contributed by atoms with Gasteiger partial charge in [-0.15, -0.1) is 0 Å². The van der Waals surface area contributed by atoms with Crippen molar-refractivity contribution in [3.63, 3.8) is 0 Å². The Balaban J connectivity index is 1.99. The van der Waals surface area contributed by atoms with Gasteiger partial charge in [0, 0.05) is 22.1 Å². The Labute approximate surface area is 241 Å². The van der Waals surface area contributed by atoms with Gasteiger partial charge in [0.25, 0.3) is 40.5 Å². The van der Waals surface area contributed by atoms with Gasteiger partial charge in [0.2, 0.25) is 0 Å². The van der Waals surface area contributed by atoms with Gasteiger partial charge in [-0.1, -0.05) is 12.1 Å². The van der Waals surface area contributed by atoms with E-state index in [2.05, 4.69) is 0 Å². The third kappa shape index (κ3) is 6.00.